The Morgan fingerprint density at radius 1 is 1.12 bits per heavy atom. The number of halogens is 4. The molecule has 0 bridgehead atoms. The molecule has 3 aromatic rings. The molecule has 2 aromatic heterocycles. The topological polar surface area (TPSA) is 101 Å². The molecule has 43 heavy (non-hydrogen) atoms. The summed E-state index contributed by atoms with van der Waals surface area (Å²) in [4.78, 5) is 43.1. The van der Waals surface area contributed by atoms with Crippen LogP contribution in [0.5, 0.6) is 0 Å². The Bertz CT molecular complexity index is 1460. The summed E-state index contributed by atoms with van der Waals surface area (Å²) in [7, 11) is 0. The molecule has 14 heteroatoms. The van der Waals surface area contributed by atoms with Crippen molar-refractivity contribution in [2.24, 2.45) is 5.92 Å². The highest BCUT2D eigenvalue weighted by Crippen LogP contribution is 2.37. The molecule has 0 radical (unpaired) electrons. The fourth-order valence-corrected chi connectivity index (χ4v) is 6.41. The van der Waals surface area contributed by atoms with Crippen LogP contribution >= 0.6 is 11.3 Å². The smallest absolute Gasteiger partial charge is 0.419 e. The van der Waals surface area contributed by atoms with E-state index in [0.29, 0.717) is 67.6 Å². The van der Waals surface area contributed by atoms with Crippen molar-refractivity contribution in [3.63, 3.8) is 0 Å². The summed E-state index contributed by atoms with van der Waals surface area (Å²) < 4.78 is 59.0. The monoisotopic (exact) mass is 620 g/mol. The SMILES string of the molecule is CCOC(=O)C1CCN(c2cnc(C(=O)Nc3nc(-c4ccc(C(F)(F)F)c(F)c4)c(CN4CCC[C@H]4C)s3)cn2)CC1. The summed E-state index contributed by atoms with van der Waals surface area (Å²) in [6.45, 7) is 6.76. The first-order chi connectivity index (χ1) is 20.5. The van der Waals surface area contributed by atoms with E-state index in [4.69, 9.17) is 4.74 Å². The number of carbonyl (C=O) groups is 2. The molecule has 2 fully saturated rings. The van der Waals surface area contributed by atoms with Crippen LogP contribution in [0.15, 0.2) is 30.6 Å². The average Bonchev–Trinajstić information content (AvgIpc) is 3.57. The number of anilines is 2. The highest BCUT2D eigenvalue weighted by atomic mass is 32.1. The van der Waals surface area contributed by atoms with Crippen molar-refractivity contribution in [1.82, 2.24) is 19.9 Å². The van der Waals surface area contributed by atoms with Crippen LogP contribution in [-0.2, 0) is 22.3 Å². The van der Waals surface area contributed by atoms with Crippen LogP contribution in [-0.4, -0.2) is 64.0 Å². The minimum absolute atomic E-state index is 0.0530. The third-order valence-corrected chi connectivity index (χ3v) is 8.77. The Labute approximate surface area is 250 Å². The van der Waals surface area contributed by atoms with E-state index in [-0.39, 0.29) is 28.3 Å². The first-order valence-corrected chi connectivity index (χ1v) is 15.0. The van der Waals surface area contributed by atoms with Gasteiger partial charge in [-0.15, -0.1) is 0 Å². The van der Waals surface area contributed by atoms with Gasteiger partial charge < -0.3 is 9.64 Å². The lowest BCUT2D eigenvalue weighted by Crippen LogP contribution is -2.37. The number of amides is 1. The molecule has 0 aliphatic carbocycles. The number of benzene rings is 1. The number of hydrogen-bond donors (Lipinski definition) is 1. The zero-order valence-corrected chi connectivity index (χ0v) is 24.6. The Morgan fingerprint density at radius 3 is 2.49 bits per heavy atom. The summed E-state index contributed by atoms with van der Waals surface area (Å²) in [6, 6.07) is 3.05. The Hall–Kier alpha value is -3.65. The van der Waals surface area contributed by atoms with Gasteiger partial charge in [0.25, 0.3) is 5.91 Å². The van der Waals surface area contributed by atoms with Crippen LogP contribution in [0.3, 0.4) is 0 Å². The van der Waals surface area contributed by atoms with Crippen LogP contribution in [0.4, 0.5) is 28.5 Å². The minimum atomic E-state index is -4.81. The summed E-state index contributed by atoms with van der Waals surface area (Å²) in [6.07, 6.45) is 1.35. The summed E-state index contributed by atoms with van der Waals surface area (Å²) >= 11 is 1.19. The number of rotatable bonds is 8. The standard InChI is InChI=1S/C29H32F4N6O3S/c1-3-42-27(41)18-8-11-38(12-9-18)24-15-34-22(14-35-24)26(40)37-28-36-25(23(43-28)16-39-10-4-5-17(39)2)19-6-7-20(21(30)13-19)29(31,32)33/h6-7,13-15,17-18H,3-5,8-12,16H2,1-2H3,(H,36,37,40)/t17-/m1/s1. The Balaban J connectivity index is 1.31. The molecule has 1 aromatic carbocycles. The van der Waals surface area contributed by atoms with Crippen molar-refractivity contribution in [3.8, 4) is 11.3 Å². The van der Waals surface area contributed by atoms with Crippen LogP contribution in [0.2, 0.25) is 0 Å². The Kier molecular flexibility index (Phi) is 9.25. The maximum absolute atomic E-state index is 14.5. The van der Waals surface area contributed by atoms with Gasteiger partial charge in [-0.1, -0.05) is 17.4 Å². The third-order valence-electron chi connectivity index (χ3n) is 7.81. The van der Waals surface area contributed by atoms with Crippen LogP contribution in [0.1, 0.15) is 60.5 Å². The normalized spacial score (nSPS) is 18.2. The van der Waals surface area contributed by atoms with Crippen molar-refractivity contribution in [1.29, 1.82) is 0 Å². The van der Waals surface area contributed by atoms with Crippen LogP contribution in [0, 0.1) is 11.7 Å². The predicted molar refractivity (Wildman–Crippen MR) is 153 cm³/mol. The lowest BCUT2D eigenvalue weighted by atomic mass is 9.97. The summed E-state index contributed by atoms with van der Waals surface area (Å²) in [5, 5.41) is 2.93. The molecule has 0 unspecified atom stereocenters. The number of carbonyl (C=O) groups excluding carboxylic acids is 2. The average molecular weight is 621 g/mol. The molecular weight excluding hydrogens is 588 g/mol. The van der Waals surface area contributed by atoms with E-state index in [2.05, 4.69) is 32.1 Å². The van der Waals surface area contributed by atoms with Crippen molar-refractivity contribution >= 4 is 34.2 Å². The number of likely N-dealkylation sites (tertiary alicyclic amines) is 1. The zero-order valence-electron chi connectivity index (χ0n) is 23.8. The molecule has 1 atom stereocenters. The third kappa shape index (κ3) is 7.12. The second kappa shape index (κ2) is 12.9. The molecule has 9 nitrogen and oxygen atoms in total. The van der Waals surface area contributed by atoms with E-state index in [1.54, 1.807) is 6.92 Å². The van der Waals surface area contributed by atoms with Gasteiger partial charge in [0.05, 0.1) is 36.2 Å². The van der Waals surface area contributed by atoms with Crippen molar-refractivity contribution in [3.05, 3.63) is 52.5 Å². The van der Waals surface area contributed by atoms with Gasteiger partial charge in [-0.3, -0.25) is 19.8 Å². The van der Waals surface area contributed by atoms with Crippen molar-refractivity contribution in [2.45, 2.75) is 58.3 Å². The number of ether oxygens (including phenoxy) is 1. The van der Waals surface area contributed by atoms with Gasteiger partial charge in [0.2, 0.25) is 0 Å². The van der Waals surface area contributed by atoms with Gasteiger partial charge in [-0.2, -0.15) is 13.2 Å². The largest absolute Gasteiger partial charge is 0.466 e. The molecule has 1 N–H and O–H groups in total. The number of alkyl halides is 3. The summed E-state index contributed by atoms with van der Waals surface area (Å²) in [5.41, 5.74) is -0.781. The highest BCUT2D eigenvalue weighted by molar-refractivity contribution is 7.16. The fourth-order valence-electron chi connectivity index (χ4n) is 5.41. The van der Waals surface area contributed by atoms with E-state index in [1.807, 2.05) is 4.90 Å². The summed E-state index contributed by atoms with van der Waals surface area (Å²) in [5.74, 6) is -1.69. The molecule has 2 aliphatic rings. The molecule has 5 rings (SSSR count). The molecule has 1 amide bonds. The van der Waals surface area contributed by atoms with Crippen molar-refractivity contribution < 1.29 is 31.9 Å². The maximum atomic E-state index is 14.5. The van der Waals surface area contributed by atoms with Gasteiger partial charge in [-0.25, -0.2) is 19.3 Å². The van der Waals surface area contributed by atoms with E-state index in [9.17, 15) is 27.2 Å². The van der Waals surface area contributed by atoms with Crippen LogP contribution in [0.25, 0.3) is 11.3 Å². The first kappa shape index (κ1) is 30.8. The second-order valence-electron chi connectivity index (χ2n) is 10.7. The molecule has 0 saturated carbocycles. The first-order valence-electron chi connectivity index (χ1n) is 14.2. The van der Waals surface area contributed by atoms with Gasteiger partial charge in [-0.05, 0) is 58.2 Å². The maximum Gasteiger partial charge on any atom is 0.419 e. The van der Waals surface area contributed by atoms with E-state index < -0.39 is 23.5 Å². The van der Waals surface area contributed by atoms with Gasteiger partial charge >= 0.3 is 12.1 Å². The lowest BCUT2D eigenvalue weighted by molar-refractivity contribution is -0.148. The molecule has 2 saturated heterocycles. The van der Waals surface area contributed by atoms with Gasteiger partial charge in [0.15, 0.2) is 5.13 Å². The van der Waals surface area contributed by atoms with E-state index in [0.717, 1.165) is 25.5 Å². The predicted octanol–water partition coefficient (Wildman–Crippen LogP) is 5.77. The number of thiazole rings is 1. The highest BCUT2D eigenvalue weighted by Gasteiger charge is 2.34. The zero-order chi connectivity index (χ0) is 30.7. The molecular formula is C29H32F4N6O3S. The molecule has 0 spiro atoms. The van der Waals surface area contributed by atoms with E-state index in [1.165, 1.54) is 29.8 Å². The van der Waals surface area contributed by atoms with E-state index >= 15 is 0 Å². The Morgan fingerprint density at radius 2 is 1.88 bits per heavy atom. The van der Waals surface area contributed by atoms with Crippen molar-refractivity contribution in [2.75, 3.05) is 36.5 Å². The fraction of sp³-hybridized carbons (Fsp3) is 0.483. The molecule has 4 heterocycles. The number of nitrogens with zero attached hydrogens (tertiary/aromatic N) is 5. The number of hydrogen-bond acceptors (Lipinski definition) is 9. The van der Waals surface area contributed by atoms with Gasteiger partial charge in [0.1, 0.15) is 17.3 Å². The van der Waals surface area contributed by atoms with Crippen LogP contribution < -0.4 is 10.2 Å². The molecule has 230 valence electrons. The number of piperidine rings is 1. The lowest BCUT2D eigenvalue weighted by Gasteiger charge is -2.31. The number of nitrogens with one attached hydrogen (secondary N) is 1. The molecule has 2 aliphatic heterocycles. The number of aromatic nitrogens is 3. The number of esters is 1. The van der Waals surface area contributed by atoms with Gasteiger partial charge in [0, 0.05) is 36.1 Å². The minimum Gasteiger partial charge on any atom is -0.466 e. The quantitative estimate of drug-likeness (QED) is 0.250. The second-order valence-corrected chi connectivity index (χ2v) is 11.8.